The van der Waals surface area contributed by atoms with Crippen molar-refractivity contribution in [3.8, 4) is 11.3 Å². The normalized spacial score (nSPS) is 20.4. The van der Waals surface area contributed by atoms with E-state index in [1.165, 1.54) is 17.7 Å². The lowest BCUT2D eigenvalue weighted by atomic mass is 9.90. The van der Waals surface area contributed by atoms with E-state index in [4.69, 9.17) is 0 Å². The number of piperidine rings is 1. The monoisotopic (exact) mass is 652 g/mol. The van der Waals surface area contributed by atoms with Crippen LogP contribution in [-0.2, 0) is 11.8 Å². The molecule has 4 aromatic carbocycles. The van der Waals surface area contributed by atoms with Crippen molar-refractivity contribution in [1.29, 1.82) is 0 Å². The number of amides is 2. The minimum Gasteiger partial charge on any atom is -0.371 e. The maximum Gasteiger partial charge on any atom is 0.255 e. The van der Waals surface area contributed by atoms with Crippen molar-refractivity contribution in [1.82, 2.24) is 9.47 Å². The molecule has 1 aromatic heterocycles. The first-order chi connectivity index (χ1) is 23.7. The van der Waals surface area contributed by atoms with Crippen molar-refractivity contribution in [2.75, 3.05) is 23.3 Å². The third-order valence-corrected chi connectivity index (χ3v) is 10.9. The van der Waals surface area contributed by atoms with Gasteiger partial charge in [-0.25, -0.2) is 0 Å². The molecular weight excluding hydrogens is 604 g/mol. The van der Waals surface area contributed by atoms with Gasteiger partial charge in [0.2, 0.25) is 5.91 Å². The molecule has 0 aliphatic carbocycles. The van der Waals surface area contributed by atoms with Gasteiger partial charge in [-0.3, -0.25) is 9.59 Å². The molecule has 7 rings (SSSR count). The highest BCUT2D eigenvalue weighted by Gasteiger charge is 2.47. The van der Waals surface area contributed by atoms with Crippen LogP contribution in [0.15, 0.2) is 97.1 Å². The molecule has 5 unspecified atom stereocenters. The van der Waals surface area contributed by atoms with E-state index < -0.39 is 12.1 Å². The number of nitrogens with zero attached hydrogens (tertiary/aromatic N) is 3. The fraction of sp³-hybridized carbons (Fsp3) is 0.349. The molecule has 0 bridgehead atoms. The Morgan fingerprint density at radius 2 is 1.53 bits per heavy atom. The van der Waals surface area contributed by atoms with E-state index in [0.29, 0.717) is 17.4 Å². The lowest BCUT2D eigenvalue weighted by Crippen LogP contribution is -2.50. The van der Waals surface area contributed by atoms with Crippen LogP contribution in [-0.4, -0.2) is 40.4 Å². The van der Waals surface area contributed by atoms with E-state index in [0.717, 1.165) is 58.5 Å². The Bertz CT molecular complexity index is 1980. The number of carbonyl (C=O) groups excluding carboxylic acids is 2. The van der Waals surface area contributed by atoms with Crippen LogP contribution in [0, 0.1) is 24.7 Å². The Morgan fingerprint density at radius 1 is 0.878 bits per heavy atom. The van der Waals surface area contributed by atoms with Crippen LogP contribution in [0.4, 0.5) is 11.4 Å². The zero-order valence-corrected chi connectivity index (χ0v) is 29.6. The summed E-state index contributed by atoms with van der Waals surface area (Å²) in [5.74, 6) is 0.956. The molecule has 0 radical (unpaired) electrons. The number of anilines is 2. The molecule has 49 heavy (non-hydrogen) atoms. The number of carbonyl (C=O) groups is 2. The van der Waals surface area contributed by atoms with Gasteiger partial charge in [0.15, 0.2) is 0 Å². The number of hydrogen-bond acceptors (Lipinski definition) is 3. The van der Waals surface area contributed by atoms with Crippen LogP contribution in [0.2, 0.25) is 0 Å². The SMILES string of the molecule is CCC(C)C(C(=O)Nc1ccc(N2CC(C)CC(C)C2)cc1)N1C(=O)c2ccccc2C1c1c(-c2ccc(C)cc2)n(C)c2ccccc12. The highest BCUT2D eigenvalue weighted by molar-refractivity contribution is 6.06. The van der Waals surface area contributed by atoms with Gasteiger partial charge in [0.05, 0.1) is 11.7 Å². The molecule has 5 aromatic rings. The summed E-state index contributed by atoms with van der Waals surface area (Å²) >= 11 is 0. The van der Waals surface area contributed by atoms with Gasteiger partial charge in [0.25, 0.3) is 5.91 Å². The molecular formula is C43H48N4O2. The highest BCUT2D eigenvalue weighted by atomic mass is 16.2. The standard InChI is InChI=1S/C43H48N4O2/c1-7-30(5)39(42(48)44-32-20-22-33(23-21-32)46-25-28(3)24-29(4)26-46)47-41(34-12-8-9-13-35(34)43(47)49)38-36-14-10-11-15-37(36)45(6)40(38)31-18-16-27(2)17-19-31/h8-23,28-30,39,41H,7,24-26H2,1-6H3,(H,44,48). The second-order valence-electron chi connectivity index (χ2n) is 14.6. The van der Waals surface area contributed by atoms with Crippen LogP contribution in [0.5, 0.6) is 0 Å². The molecule has 6 heteroatoms. The highest BCUT2D eigenvalue weighted by Crippen LogP contribution is 2.48. The summed E-state index contributed by atoms with van der Waals surface area (Å²) in [6.07, 6.45) is 2.00. The Labute approximate surface area is 290 Å². The van der Waals surface area contributed by atoms with Gasteiger partial charge in [-0.2, -0.15) is 0 Å². The maximum atomic E-state index is 14.6. The molecule has 252 valence electrons. The second kappa shape index (κ2) is 13.2. The topological polar surface area (TPSA) is 57.6 Å². The minimum atomic E-state index is -0.691. The molecule has 6 nitrogen and oxygen atoms in total. The molecule has 3 heterocycles. The van der Waals surface area contributed by atoms with Gasteiger partial charge in [-0.05, 0) is 78.6 Å². The number of rotatable bonds is 8. The zero-order valence-electron chi connectivity index (χ0n) is 29.6. The number of hydrogen-bond donors (Lipinski definition) is 1. The van der Waals surface area contributed by atoms with Crippen molar-refractivity contribution in [2.24, 2.45) is 24.8 Å². The summed E-state index contributed by atoms with van der Waals surface area (Å²) in [5, 5.41) is 4.32. The maximum absolute atomic E-state index is 14.6. The number of fused-ring (bicyclic) bond motifs is 2. The summed E-state index contributed by atoms with van der Waals surface area (Å²) in [6.45, 7) is 13.0. The summed E-state index contributed by atoms with van der Waals surface area (Å²) in [7, 11) is 2.10. The zero-order chi connectivity index (χ0) is 34.4. The largest absolute Gasteiger partial charge is 0.371 e. The second-order valence-corrected chi connectivity index (χ2v) is 14.6. The Morgan fingerprint density at radius 3 is 2.22 bits per heavy atom. The average molecular weight is 653 g/mol. The van der Waals surface area contributed by atoms with E-state index in [2.05, 4.69) is 123 Å². The molecule has 2 aliphatic heterocycles. The number of benzene rings is 4. The van der Waals surface area contributed by atoms with Crippen molar-refractivity contribution in [2.45, 2.75) is 59.5 Å². The molecule has 0 saturated carbocycles. The quantitative estimate of drug-likeness (QED) is 0.182. The number of aromatic nitrogens is 1. The molecule has 2 aliphatic rings. The first-order valence-corrected chi connectivity index (χ1v) is 17.9. The average Bonchev–Trinajstić information content (AvgIpc) is 3.55. The lowest BCUT2D eigenvalue weighted by molar-refractivity contribution is -0.122. The Kier molecular flexibility index (Phi) is 8.82. The fourth-order valence-corrected chi connectivity index (χ4v) is 8.41. The van der Waals surface area contributed by atoms with Gasteiger partial charge in [-0.15, -0.1) is 0 Å². The Hall–Kier alpha value is -4.84. The fourth-order valence-electron chi connectivity index (χ4n) is 8.41. The van der Waals surface area contributed by atoms with Gasteiger partial charge in [0.1, 0.15) is 6.04 Å². The van der Waals surface area contributed by atoms with Gasteiger partial charge >= 0.3 is 0 Å². The number of nitrogens with one attached hydrogen (secondary N) is 1. The van der Waals surface area contributed by atoms with Gasteiger partial charge in [-0.1, -0.05) is 100 Å². The first-order valence-electron chi connectivity index (χ1n) is 17.9. The van der Waals surface area contributed by atoms with Crippen LogP contribution in [0.1, 0.15) is 73.6 Å². The summed E-state index contributed by atoms with van der Waals surface area (Å²) in [5.41, 5.74) is 8.99. The smallest absolute Gasteiger partial charge is 0.255 e. The van der Waals surface area contributed by atoms with Crippen molar-refractivity contribution in [3.63, 3.8) is 0 Å². The van der Waals surface area contributed by atoms with Crippen LogP contribution in [0.25, 0.3) is 22.2 Å². The Balaban J connectivity index is 1.31. The summed E-state index contributed by atoms with van der Waals surface area (Å²) in [4.78, 5) is 33.6. The van der Waals surface area contributed by atoms with E-state index in [1.54, 1.807) is 0 Å². The van der Waals surface area contributed by atoms with Crippen molar-refractivity contribution >= 4 is 34.1 Å². The third-order valence-electron chi connectivity index (χ3n) is 10.9. The van der Waals surface area contributed by atoms with E-state index in [1.807, 2.05) is 35.2 Å². The van der Waals surface area contributed by atoms with E-state index in [-0.39, 0.29) is 17.7 Å². The van der Waals surface area contributed by atoms with E-state index >= 15 is 0 Å². The van der Waals surface area contributed by atoms with E-state index in [9.17, 15) is 9.59 Å². The first kappa shape index (κ1) is 32.7. The van der Waals surface area contributed by atoms with Crippen molar-refractivity contribution in [3.05, 3.63) is 119 Å². The van der Waals surface area contributed by atoms with Gasteiger partial charge < -0.3 is 19.7 Å². The molecule has 0 spiro atoms. The predicted octanol–water partition coefficient (Wildman–Crippen LogP) is 9.23. The van der Waals surface area contributed by atoms with Crippen LogP contribution < -0.4 is 10.2 Å². The lowest BCUT2D eigenvalue weighted by Gasteiger charge is -2.37. The van der Waals surface area contributed by atoms with Crippen molar-refractivity contribution < 1.29 is 9.59 Å². The summed E-state index contributed by atoms with van der Waals surface area (Å²) < 4.78 is 2.24. The molecule has 2 amide bonds. The van der Waals surface area contributed by atoms with Crippen LogP contribution >= 0.6 is 0 Å². The number of aryl methyl sites for hydroxylation is 2. The minimum absolute atomic E-state index is 0.0887. The third kappa shape index (κ3) is 5.92. The number of para-hydroxylation sites is 1. The van der Waals surface area contributed by atoms with Gasteiger partial charge in [0, 0.05) is 53.5 Å². The molecule has 1 N–H and O–H groups in total. The summed E-state index contributed by atoms with van der Waals surface area (Å²) in [6, 6.07) is 32.0. The molecule has 1 fully saturated rings. The molecule has 1 saturated heterocycles. The van der Waals surface area contributed by atoms with Crippen LogP contribution in [0.3, 0.4) is 0 Å². The molecule has 5 atom stereocenters. The predicted molar refractivity (Wildman–Crippen MR) is 201 cm³/mol.